The Kier molecular flexibility index (Phi) is 1.77. The largest absolute Gasteiger partial charge is 0.289 e. The van der Waals surface area contributed by atoms with Crippen molar-refractivity contribution >= 4 is 11.6 Å². The van der Waals surface area contributed by atoms with Gasteiger partial charge in [0.15, 0.2) is 11.6 Å². The highest BCUT2D eigenvalue weighted by molar-refractivity contribution is 6.28. The van der Waals surface area contributed by atoms with Gasteiger partial charge < -0.3 is 0 Å². The van der Waals surface area contributed by atoms with E-state index >= 15 is 0 Å². The molecule has 2 nitrogen and oxygen atoms in total. The van der Waals surface area contributed by atoms with E-state index in [0.717, 1.165) is 0 Å². The molecule has 0 amide bonds. The highest BCUT2D eigenvalue weighted by Crippen LogP contribution is 2.26. The van der Waals surface area contributed by atoms with Gasteiger partial charge >= 0.3 is 0 Å². The van der Waals surface area contributed by atoms with Crippen molar-refractivity contribution in [1.82, 2.24) is 0 Å². The highest BCUT2D eigenvalue weighted by Gasteiger charge is 2.28. The van der Waals surface area contributed by atoms with E-state index in [9.17, 15) is 9.59 Å². The average molecular weight is 206 g/mol. The highest BCUT2D eigenvalue weighted by atomic mass is 16.1. The molecule has 3 rings (SSSR count). The van der Waals surface area contributed by atoms with Gasteiger partial charge in [-0.3, -0.25) is 9.59 Å². The molecule has 16 heavy (non-hydrogen) atoms. The molecule has 0 unspecified atom stereocenters. The molecule has 0 fully saturated rings. The zero-order chi connectivity index (χ0) is 11.1. The maximum Gasteiger partial charge on any atom is 0.195 e. The van der Waals surface area contributed by atoms with E-state index in [1.54, 1.807) is 36.4 Å². The van der Waals surface area contributed by atoms with Crippen molar-refractivity contribution in [2.75, 3.05) is 0 Å². The van der Waals surface area contributed by atoms with Crippen molar-refractivity contribution in [2.24, 2.45) is 0 Å². The topological polar surface area (TPSA) is 34.1 Å². The van der Waals surface area contributed by atoms with Crippen LogP contribution in [0.1, 0.15) is 31.8 Å². The van der Waals surface area contributed by atoms with Crippen LogP contribution in [0.3, 0.4) is 0 Å². The lowest BCUT2D eigenvalue weighted by molar-refractivity contribution is 0.0979. The van der Waals surface area contributed by atoms with Crippen LogP contribution < -0.4 is 0 Å². The molecule has 0 bridgehead atoms. The Hall–Kier alpha value is -2.22. The number of ketones is 2. The summed E-state index contributed by atoms with van der Waals surface area (Å²) in [4.78, 5) is 24.1. The van der Waals surface area contributed by atoms with Crippen LogP contribution in [0.2, 0.25) is 0 Å². The maximum atomic E-state index is 12.1. The third-order valence-corrected chi connectivity index (χ3v) is 2.69. The van der Waals surface area contributed by atoms with E-state index in [4.69, 9.17) is 0 Å². The summed E-state index contributed by atoms with van der Waals surface area (Å²) >= 11 is 0. The summed E-state index contributed by atoms with van der Waals surface area (Å²) in [6, 6.07) is 15.5. The number of carbonyl (C=O) groups is 2. The summed E-state index contributed by atoms with van der Waals surface area (Å²) in [7, 11) is 0. The van der Waals surface area contributed by atoms with Crippen molar-refractivity contribution in [1.29, 1.82) is 0 Å². The lowest BCUT2D eigenvalue weighted by atomic mass is 9.84. The number of fused-ring (bicyclic) bond motifs is 2. The molecular formula is C14H6O2. The van der Waals surface area contributed by atoms with E-state index in [-0.39, 0.29) is 11.6 Å². The molecule has 2 radical (unpaired) electrons. The first-order chi connectivity index (χ1) is 7.79. The zero-order valence-corrected chi connectivity index (χ0v) is 8.28. The Bertz CT molecular complexity index is 506. The molecule has 0 saturated carbocycles. The fraction of sp³-hybridized carbons (Fsp3) is 0. The Labute approximate surface area is 92.5 Å². The van der Waals surface area contributed by atoms with E-state index in [2.05, 4.69) is 12.1 Å². The monoisotopic (exact) mass is 206 g/mol. The Balaban J connectivity index is 2.35. The third kappa shape index (κ3) is 1.07. The number of hydrogen-bond donors (Lipinski definition) is 0. The molecule has 0 spiro atoms. The molecule has 2 aromatic rings. The van der Waals surface area contributed by atoms with Gasteiger partial charge in [-0.05, 0) is 12.1 Å². The van der Waals surface area contributed by atoms with Crippen molar-refractivity contribution in [2.45, 2.75) is 0 Å². The minimum atomic E-state index is -0.151. The standard InChI is InChI=1S/C14H6O2/c15-13-9-5-1-2-6-10(9)14(16)12-8-4-3-7-11(12)13/h1-3,5-7H. The fourth-order valence-corrected chi connectivity index (χ4v) is 1.92. The second-order valence-electron chi connectivity index (χ2n) is 3.60. The van der Waals surface area contributed by atoms with Crippen LogP contribution in [0.5, 0.6) is 0 Å². The van der Waals surface area contributed by atoms with Crippen molar-refractivity contribution in [3.63, 3.8) is 0 Å². The first-order valence-electron chi connectivity index (χ1n) is 4.90. The zero-order valence-electron chi connectivity index (χ0n) is 8.28. The number of carbonyl (C=O) groups excluding carboxylic acids is 2. The summed E-state index contributed by atoms with van der Waals surface area (Å²) in [5, 5.41) is 0. The molecule has 0 heterocycles. The molecule has 2 heteroatoms. The van der Waals surface area contributed by atoms with E-state index in [1.807, 2.05) is 0 Å². The van der Waals surface area contributed by atoms with Gasteiger partial charge in [0.1, 0.15) is 0 Å². The molecule has 0 atom stereocenters. The molecule has 1 aliphatic carbocycles. The van der Waals surface area contributed by atoms with Gasteiger partial charge in [-0.2, -0.15) is 0 Å². The lowest BCUT2D eigenvalue weighted by Crippen LogP contribution is -2.20. The van der Waals surface area contributed by atoms with Crippen LogP contribution >= 0.6 is 0 Å². The van der Waals surface area contributed by atoms with Crippen LogP contribution in [0, 0.1) is 12.1 Å². The van der Waals surface area contributed by atoms with Crippen molar-refractivity contribution in [3.05, 3.63) is 70.8 Å². The van der Waals surface area contributed by atoms with E-state index in [0.29, 0.717) is 22.3 Å². The quantitative estimate of drug-likeness (QED) is 0.564. The molecule has 0 saturated heterocycles. The van der Waals surface area contributed by atoms with Gasteiger partial charge in [0, 0.05) is 28.3 Å². The van der Waals surface area contributed by atoms with Crippen LogP contribution in [0.4, 0.5) is 0 Å². The summed E-state index contributed by atoms with van der Waals surface area (Å²) < 4.78 is 0. The average Bonchev–Trinajstić information content (AvgIpc) is 2.36. The Morgan fingerprint density at radius 3 is 2.25 bits per heavy atom. The van der Waals surface area contributed by atoms with Gasteiger partial charge in [0.05, 0.1) is 0 Å². The van der Waals surface area contributed by atoms with E-state index < -0.39 is 0 Å². The first-order valence-corrected chi connectivity index (χ1v) is 4.90. The summed E-state index contributed by atoms with van der Waals surface area (Å²) in [6.07, 6.45) is 0. The van der Waals surface area contributed by atoms with Crippen LogP contribution in [-0.2, 0) is 0 Å². The molecule has 0 aliphatic heterocycles. The predicted octanol–water partition coefficient (Wildman–Crippen LogP) is 2.06. The van der Waals surface area contributed by atoms with Crippen LogP contribution in [0.15, 0.2) is 36.4 Å². The molecular weight excluding hydrogens is 200 g/mol. The molecule has 74 valence electrons. The van der Waals surface area contributed by atoms with Crippen LogP contribution in [0.25, 0.3) is 0 Å². The number of hydrogen-bond acceptors (Lipinski definition) is 2. The SMILES string of the molecule is O=C1c2[c][c]ccc2C(=O)c2ccccc21. The van der Waals surface area contributed by atoms with Gasteiger partial charge in [0.2, 0.25) is 0 Å². The molecule has 1 aliphatic rings. The molecule has 0 N–H and O–H groups in total. The minimum absolute atomic E-state index is 0.115. The van der Waals surface area contributed by atoms with Crippen molar-refractivity contribution < 1.29 is 9.59 Å². The maximum absolute atomic E-state index is 12.1. The summed E-state index contributed by atoms with van der Waals surface area (Å²) in [6.45, 7) is 0. The number of rotatable bonds is 0. The second-order valence-corrected chi connectivity index (χ2v) is 3.60. The number of benzene rings is 2. The summed E-state index contributed by atoms with van der Waals surface area (Å²) in [5.41, 5.74) is 1.67. The first kappa shape index (κ1) is 9.04. The normalized spacial score (nSPS) is 13.2. The van der Waals surface area contributed by atoms with Gasteiger partial charge in [-0.25, -0.2) is 0 Å². The van der Waals surface area contributed by atoms with E-state index in [1.165, 1.54) is 0 Å². The fourth-order valence-electron chi connectivity index (χ4n) is 1.92. The molecule has 0 aromatic heterocycles. The Morgan fingerprint density at radius 2 is 1.50 bits per heavy atom. The third-order valence-electron chi connectivity index (χ3n) is 2.69. The Morgan fingerprint density at radius 1 is 0.812 bits per heavy atom. The second kappa shape index (κ2) is 3.14. The predicted molar refractivity (Wildman–Crippen MR) is 57.4 cm³/mol. The van der Waals surface area contributed by atoms with Gasteiger partial charge in [0.25, 0.3) is 0 Å². The van der Waals surface area contributed by atoms with Crippen LogP contribution in [-0.4, -0.2) is 11.6 Å². The minimum Gasteiger partial charge on any atom is -0.289 e. The van der Waals surface area contributed by atoms with Crippen molar-refractivity contribution in [3.8, 4) is 0 Å². The lowest BCUT2D eigenvalue weighted by Gasteiger charge is -2.15. The van der Waals surface area contributed by atoms with Gasteiger partial charge in [-0.1, -0.05) is 30.3 Å². The smallest absolute Gasteiger partial charge is 0.195 e. The van der Waals surface area contributed by atoms with Gasteiger partial charge in [-0.15, -0.1) is 0 Å². The summed E-state index contributed by atoms with van der Waals surface area (Å²) in [5.74, 6) is -0.266. The molecule has 2 aromatic carbocycles.